The summed E-state index contributed by atoms with van der Waals surface area (Å²) in [6, 6.07) is 5.72. The van der Waals surface area contributed by atoms with E-state index < -0.39 is 107 Å². The van der Waals surface area contributed by atoms with Crippen LogP contribution in [0.25, 0.3) is 0 Å². The lowest BCUT2D eigenvalue weighted by Gasteiger charge is -1.70. The van der Waals surface area contributed by atoms with Gasteiger partial charge in [0.1, 0.15) is 0 Å². The maximum absolute atomic E-state index is 4.81. The normalized spacial score (nSPS) is 8.94. The second-order valence-electron chi connectivity index (χ2n) is 7.21. The van der Waals surface area contributed by atoms with Crippen LogP contribution in [0, 0.1) is 0 Å². The highest BCUT2D eigenvalue weighted by Gasteiger charge is 1.87. The van der Waals surface area contributed by atoms with E-state index in [9.17, 15) is 0 Å². The Morgan fingerprint density at radius 3 is 0.132 bits per heavy atom. The third kappa shape index (κ3) is 2650. The van der Waals surface area contributed by atoms with Crippen molar-refractivity contribution in [2.24, 2.45) is 0 Å². The van der Waals surface area contributed by atoms with Crippen LogP contribution >= 0.6 is 870 Å². The molecular formula is C30H30Cl75N. The molecule has 76 heteroatoms. The van der Waals surface area contributed by atoms with Gasteiger partial charge in [0.05, 0.1) is 0 Å². The molecule has 0 amide bonds. The molecule has 1 aromatic heterocycles. The molecule has 0 aliphatic carbocycles. The van der Waals surface area contributed by atoms with Crippen molar-refractivity contribution in [2.45, 2.75) is 107 Å². The molecule has 0 saturated carbocycles. The molecule has 680 valence electrons. The van der Waals surface area contributed by atoms with Crippen molar-refractivity contribution < 1.29 is 0 Å². The highest BCUT2D eigenvalue weighted by molar-refractivity contribution is 6.72. The van der Waals surface area contributed by atoms with Crippen LogP contribution in [0.4, 0.5) is 0 Å². The minimum absolute atomic E-state index is 0.750. The van der Waals surface area contributed by atoms with Crippen molar-refractivity contribution in [2.75, 3.05) is 0 Å². The Labute approximate surface area is 994 Å². The van der Waals surface area contributed by atoms with Crippen molar-refractivity contribution in [1.29, 1.82) is 0 Å². The van der Waals surface area contributed by atoms with Crippen LogP contribution in [0.5, 0.6) is 0 Å². The molecule has 0 aliphatic heterocycles. The number of hydrogen-bond donors (Lipinski definition) is 0. The fraction of sp³-hybridized carbons (Fsp3) is 0.833. The second kappa shape index (κ2) is 189. The maximum atomic E-state index is 4.81. The highest BCUT2D eigenvalue weighted by Crippen LogP contribution is 2.13. The molecule has 106 heavy (non-hydrogen) atoms. The van der Waals surface area contributed by atoms with E-state index in [0.29, 0.717) is 0 Å². The van der Waals surface area contributed by atoms with E-state index in [-0.39, 0.29) is 0 Å². The van der Waals surface area contributed by atoms with Gasteiger partial charge in [-0.15, -0.1) is 0 Å². The van der Waals surface area contributed by atoms with Gasteiger partial charge in [-0.2, -0.15) is 0 Å². The van der Waals surface area contributed by atoms with Crippen LogP contribution in [0.2, 0.25) is 0 Å². The predicted octanol–water partition coefficient (Wildman–Crippen LogP) is 50.7. The first-order valence-corrected chi connectivity index (χ1v) is 50.9. The molecule has 0 radical (unpaired) electrons. The van der Waals surface area contributed by atoms with E-state index in [2.05, 4.69) is 4.98 Å². The predicted molar refractivity (Wildman–Crippen MR) is 558 cm³/mol. The van der Waals surface area contributed by atoms with Crippen molar-refractivity contribution in [3.8, 4) is 0 Å². The summed E-state index contributed by atoms with van der Waals surface area (Å²) in [5, 5.41) is 0. The number of rotatable bonds is 0. The lowest BCUT2D eigenvalue weighted by molar-refractivity contribution is 1.33. The molecule has 0 spiro atoms. The molecule has 0 saturated heterocycles. The SMILES string of the molecule is ClC(Cl)Cl.ClC(Cl)Cl.ClC(Cl)Cl.ClC(Cl)Cl.ClC(Cl)Cl.ClC(Cl)Cl.ClC(Cl)Cl.ClC(Cl)Cl.ClC(Cl)Cl.ClC(Cl)Cl.ClC(Cl)Cl.ClC(Cl)Cl.ClC(Cl)Cl.ClC(Cl)Cl.ClC(Cl)Cl.ClC(Cl)Cl.ClC(Cl)Cl.ClC(Cl)Cl.ClC(Cl)Cl.ClC(Cl)Cl.ClC(Cl)Cl.ClC(Cl)Cl.ClC(Cl)Cl.ClC(Cl)Cl.ClC(Cl)Cl.c1ccncc1. The van der Waals surface area contributed by atoms with Crippen molar-refractivity contribution in [3.05, 3.63) is 30.6 Å². The molecule has 0 fully saturated rings. The Bertz CT molecular complexity index is 759. The van der Waals surface area contributed by atoms with E-state index in [1.54, 1.807) is 12.4 Å². The summed E-state index contributed by atoms with van der Waals surface area (Å²) in [4.78, 5) is 3.78. The van der Waals surface area contributed by atoms with E-state index >= 15 is 0 Å². The lowest BCUT2D eigenvalue weighted by Crippen LogP contribution is -1.58. The Balaban J connectivity index is -0.0000000280. The van der Waals surface area contributed by atoms with E-state index in [1.807, 2.05) is 18.2 Å². The lowest BCUT2D eigenvalue weighted by atomic mass is 10.5. The first-order valence-electron chi connectivity index (χ1n) is 18.2. The monoisotopic (exact) mass is 3030 g/mol. The molecule has 1 rings (SSSR count). The molecule has 0 atom stereocenters. The van der Waals surface area contributed by atoms with E-state index in [4.69, 9.17) is 870 Å². The van der Waals surface area contributed by atoms with E-state index in [1.165, 1.54) is 0 Å². The van der Waals surface area contributed by atoms with Crippen LogP contribution < -0.4 is 0 Å². The van der Waals surface area contributed by atoms with Gasteiger partial charge in [-0.05, 0) is 12.1 Å². The third-order valence-corrected chi connectivity index (χ3v) is 0.566. The smallest absolute Gasteiger partial charge is 0.180 e. The quantitative estimate of drug-likeness (QED) is 0.236. The van der Waals surface area contributed by atoms with Crippen LogP contribution in [0.15, 0.2) is 30.6 Å². The average molecular weight is 3060 g/mol. The van der Waals surface area contributed by atoms with Crippen LogP contribution in [-0.2, 0) is 0 Å². The first-order chi connectivity index (χ1) is 46.3. The Morgan fingerprint density at radius 2 is 0.123 bits per heavy atom. The summed E-state index contributed by atoms with van der Waals surface area (Å²) < 4.78 is -18.7. The van der Waals surface area contributed by atoms with Gasteiger partial charge in [0.25, 0.3) is 0 Å². The average Bonchev–Trinajstić information content (AvgIpc) is 1.60. The molecule has 0 N–H and O–H groups in total. The topological polar surface area (TPSA) is 12.9 Å². The van der Waals surface area contributed by atoms with Gasteiger partial charge < -0.3 is 0 Å². The summed E-state index contributed by atoms with van der Waals surface area (Å²) in [7, 11) is 0. The van der Waals surface area contributed by atoms with Gasteiger partial charge in [0.15, 0.2) is 107 Å². The third-order valence-electron chi connectivity index (χ3n) is 0.566. The van der Waals surface area contributed by atoms with Crippen molar-refractivity contribution in [3.63, 3.8) is 0 Å². The molecule has 1 aromatic rings. The van der Waals surface area contributed by atoms with E-state index in [0.717, 1.165) is 0 Å². The number of hydrogen-bond acceptors (Lipinski definition) is 1. The summed E-state index contributed by atoms with van der Waals surface area (Å²) >= 11 is 360. The fourth-order valence-corrected chi connectivity index (χ4v) is 0.313. The summed E-state index contributed by atoms with van der Waals surface area (Å²) in [6.07, 6.45) is 3.50. The molecule has 1 heterocycles. The summed E-state index contributed by atoms with van der Waals surface area (Å²) in [5.74, 6) is 0. The van der Waals surface area contributed by atoms with Crippen LogP contribution in [-0.4, -0.2) is 112 Å². The largest absolute Gasteiger partial charge is 0.265 e. The molecular weight excluding hydrogens is 3030 g/mol. The zero-order chi connectivity index (χ0) is 93.7. The second-order valence-corrected chi connectivity index (χ2v) is 56.7. The minimum atomic E-state index is -0.750. The highest BCUT2D eigenvalue weighted by atomic mass is 35.7. The standard InChI is InChI=1S/C5H5N.25CHCl3/c1-2-4-6-5-3-1;25*2-1(3)4/h1-5H;25*1H. The van der Waals surface area contributed by atoms with Gasteiger partial charge >= 0.3 is 0 Å². The molecule has 0 aromatic carbocycles. The van der Waals surface area contributed by atoms with Crippen molar-refractivity contribution in [1.82, 2.24) is 4.98 Å². The summed E-state index contributed by atoms with van der Waals surface area (Å²) in [5.41, 5.74) is 0. The van der Waals surface area contributed by atoms with Gasteiger partial charge in [-0.3, -0.25) is 4.98 Å². The number of nitrogens with zero attached hydrogens (tertiary/aromatic N) is 1. The molecule has 0 bridgehead atoms. The fourth-order valence-electron chi connectivity index (χ4n) is 0.313. The van der Waals surface area contributed by atoms with Gasteiger partial charge in [-0.1, -0.05) is 876 Å². The molecule has 1 nitrogen and oxygen atoms in total. The maximum Gasteiger partial charge on any atom is 0.180 e. The van der Waals surface area contributed by atoms with Gasteiger partial charge in [0.2, 0.25) is 0 Å². The molecule has 0 aliphatic rings. The summed E-state index contributed by atoms with van der Waals surface area (Å²) in [6.45, 7) is 0. The number of pyridine rings is 1. The van der Waals surface area contributed by atoms with Gasteiger partial charge in [0, 0.05) is 12.4 Å². The minimum Gasteiger partial charge on any atom is -0.265 e. The zero-order valence-corrected chi connectivity index (χ0v) is 103. The Kier molecular flexibility index (Phi) is 346. The molecule has 0 unspecified atom stereocenters. The van der Waals surface area contributed by atoms with Gasteiger partial charge in [-0.25, -0.2) is 0 Å². The van der Waals surface area contributed by atoms with Crippen molar-refractivity contribution >= 4 is 870 Å². The first kappa shape index (κ1) is 194. The van der Waals surface area contributed by atoms with Crippen LogP contribution in [0.3, 0.4) is 0 Å². The number of alkyl halides is 75. The number of halogens is 75. The Morgan fingerprint density at radius 1 is 0.0849 bits per heavy atom. The number of aromatic nitrogens is 1. The zero-order valence-electron chi connectivity index (χ0n) is 46.1. The van der Waals surface area contributed by atoms with Crippen LogP contribution in [0.1, 0.15) is 0 Å². The Hall–Kier alpha value is 20.9.